The van der Waals surface area contributed by atoms with Gasteiger partial charge in [0.25, 0.3) is 11.4 Å². The van der Waals surface area contributed by atoms with Crippen LogP contribution in [0.5, 0.6) is 0 Å². The molecular weight excluding hydrogens is 392 g/mol. The first-order valence-electron chi connectivity index (χ1n) is 9.34. The van der Waals surface area contributed by atoms with E-state index in [1.807, 2.05) is 13.8 Å². The predicted octanol–water partition coefficient (Wildman–Crippen LogP) is 3.86. The summed E-state index contributed by atoms with van der Waals surface area (Å²) in [5.74, 6) is 0.856. The lowest BCUT2D eigenvalue weighted by Gasteiger charge is -2.17. The summed E-state index contributed by atoms with van der Waals surface area (Å²) in [6, 6.07) is 5.35. The van der Waals surface area contributed by atoms with Gasteiger partial charge in [0, 0.05) is 11.5 Å². The van der Waals surface area contributed by atoms with Gasteiger partial charge in [0.1, 0.15) is 17.9 Å². The van der Waals surface area contributed by atoms with Crippen molar-refractivity contribution in [1.29, 1.82) is 5.26 Å². The third-order valence-corrected chi connectivity index (χ3v) is 5.91. The van der Waals surface area contributed by atoms with Crippen LogP contribution in [0.2, 0.25) is 5.02 Å². The molecule has 0 unspecified atom stereocenters. The van der Waals surface area contributed by atoms with E-state index in [4.69, 9.17) is 16.1 Å². The quantitative estimate of drug-likeness (QED) is 0.510. The van der Waals surface area contributed by atoms with Crippen LogP contribution in [0, 0.1) is 11.3 Å². The summed E-state index contributed by atoms with van der Waals surface area (Å²) in [5.41, 5.74) is 1.71. The molecule has 5 rings (SSSR count). The lowest BCUT2D eigenvalue weighted by Crippen LogP contribution is -2.25. The average molecular weight is 409 g/mol. The molecule has 9 heteroatoms. The fourth-order valence-corrected chi connectivity index (χ4v) is 3.87. The summed E-state index contributed by atoms with van der Waals surface area (Å²) in [6.07, 6.45) is 3.56. The van der Waals surface area contributed by atoms with E-state index in [1.165, 1.54) is 6.33 Å². The van der Waals surface area contributed by atoms with Crippen LogP contribution in [0.25, 0.3) is 28.1 Å². The second-order valence-electron chi connectivity index (χ2n) is 7.97. The third kappa shape index (κ3) is 2.44. The molecule has 0 spiro atoms. The lowest BCUT2D eigenvalue weighted by molar-refractivity contribution is 0.415. The van der Waals surface area contributed by atoms with Gasteiger partial charge in [0.2, 0.25) is 0 Å². The molecule has 3 heterocycles. The molecule has 1 fully saturated rings. The van der Waals surface area contributed by atoms with Crippen LogP contribution in [-0.2, 0) is 5.41 Å². The number of nitriles is 1. The van der Waals surface area contributed by atoms with Crippen LogP contribution in [0.4, 0.5) is 0 Å². The van der Waals surface area contributed by atoms with Crippen molar-refractivity contribution in [3.63, 3.8) is 0 Å². The van der Waals surface area contributed by atoms with E-state index in [1.54, 1.807) is 21.1 Å². The molecule has 1 aliphatic carbocycles. The zero-order valence-corrected chi connectivity index (χ0v) is 16.9. The van der Waals surface area contributed by atoms with Crippen LogP contribution in [0.1, 0.15) is 51.0 Å². The van der Waals surface area contributed by atoms with E-state index in [2.05, 4.69) is 28.1 Å². The number of fused-ring (bicyclic) bond motifs is 3. The highest BCUT2D eigenvalue weighted by atomic mass is 35.5. The highest BCUT2D eigenvalue weighted by Gasteiger charge is 2.44. The molecule has 0 atom stereocenters. The summed E-state index contributed by atoms with van der Waals surface area (Å²) < 4.78 is 8.68. The first kappa shape index (κ1) is 17.9. The Morgan fingerprint density at radius 1 is 1.31 bits per heavy atom. The third-order valence-electron chi connectivity index (χ3n) is 5.59. The number of hydrogen-bond acceptors (Lipinski definition) is 6. The van der Waals surface area contributed by atoms with E-state index in [0.29, 0.717) is 33.1 Å². The number of rotatable bonds is 3. The number of imidazole rings is 1. The van der Waals surface area contributed by atoms with Crippen molar-refractivity contribution >= 4 is 28.2 Å². The maximum Gasteiger partial charge on any atom is 0.279 e. The molecule has 0 N–H and O–H groups in total. The molecule has 1 aliphatic rings. The molecule has 3 aromatic heterocycles. The van der Waals surface area contributed by atoms with Gasteiger partial charge in [0.05, 0.1) is 21.6 Å². The summed E-state index contributed by atoms with van der Waals surface area (Å²) in [5, 5.41) is 14.0. The van der Waals surface area contributed by atoms with Gasteiger partial charge in [-0.05, 0) is 38.8 Å². The minimum Gasteiger partial charge on any atom is -0.332 e. The second-order valence-corrected chi connectivity index (χ2v) is 8.37. The Morgan fingerprint density at radius 2 is 2.07 bits per heavy atom. The highest BCUT2D eigenvalue weighted by molar-refractivity contribution is 6.32. The number of aromatic nitrogens is 5. The van der Waals surface area contributed by atoms with Crippen molar-refractivity contribution in [2.24, 2.45) is 0 Å². The van der Waals surface area contributed by atoms with Gasteiger partial charge in [-0.25, -0.2) is 4.98 Å². The fraction of sp³-hybridized carbons (Fsp3) is 0.350. The summed E-state index contributed by atoms with van der Waals surface area (Å²) in [4.78, 5) is 22.4. The van der Waals surface area contributed by atoms with Crippen molar-refractivity contribution in [2.75, 3.05) is 0 Å². The van der Waals surface area contributed by atoms with Crippen molar-refractivity contribution in [3.8, 4) is 17.7 Å². The normalized spacial score (nSPS) is 15.3. The smallest absolute Gasteiger partial charge is 0.279 e. The molecule has 8 nitrogen and oxygen atoms in total. The molecule has 0 bridgehead atoms. The SMILES string of the molecule is CC(C)n1c(=O)c2c(-c3nc(C4(C)CC4)no3)ncn2c2ccc(Cl)c(C#N)c21. The van der Waals surface area contributed by atoms with Crippen molar-refractivity contribution in [1.82, 2.24) is 24.1 Å². The molecule has 29 heavy (non-hydrogen) atoms. The van der Waals surface area contributed by atoms with Gasteiger partial charge in [-0.2, -0.15) is 10.2 Å². The van der Waals surface area contributed by atoms with Crippen LogP contribution in [0.15, 0.2) is 27.8 Å². The van der Waals surface area contributed by atoms with Gasteiger partial charge in [-0.3, -0.25) is 9.20 Å². The van der Waals surface area contributed by atoms with Crippen LogP contribution in [0.3, 0.4) is 0 Å². The Balaban J connectivity index is 1.88. The minimum absolute atomic E-state index is 0.0550. The first-order valence-corrected chi connectivity index (χ1v) is 9.72. The van der Waals surface area contributed by atoms with Crippen molar-refractivity contribution < 1.29 is 4.52 Å². The fourth-order valence-electron chi connectivity index (χ4n) is 3.68. The van der Waals surface area contributed by atoms with Gasteiger partial charge in [0.15, 0.2) is 11.5 Å². The van der Waals surface area contributed by atoms with Crippen LogP contribution in [-0.4, -0.2) is 24.1 Å². The van der Waals surface area contributed by atoms with Crippen LogP contribution < -0.4 is 5.56 Å². The first-order chi connectivity index (χ1) is 13.9. The monoisotopic (exact) mass is 408 g/mol. The zero-order chi connectivity index (χ0) is 20.5. The van der Waals surface area contributed by atoms with Crippen molar-refractivity contribution in [2.45, 2.75) is 45.1 Å². The number of halogens is 1. The Kier molecular flexibility index (Phi) is 3.64. The molecule has 4 aromatic rings. The molecule has 0 radical (unpaired) electrons. The number of hydrogen-bond donors (Lipinski definition) is 0. The summed E-state index contributed by atoms with van der Waals surface area (Å²) in [7, 11) is 0. The Bertz CT molecular complexity index is 1400. The minimum atomic E-state index is -0.295. The topological polar surface area (TPSA) is 102 Å². The lowest BCUT2D eigenvalue weighted by atomic mass is 10.1. The summed E-state index contributed by atoms with van der Waals surface area (Å²) in [6.45, 7) is 5.85. The Morgan fingerprint density at radius 3 is 2.72 bits per heavy atom. The van der Waals surface area contributed by atoms with E-state index in [0.717, 1.165) is 12.8 Å². The van der Waals surface area contributed by atoms with Gasteiger partial charge < -0.3 is 9.09 Å². The molecule has 0 aliphatic heterocycles. The van der Waals surface area contributed by atoms with E-state index < -0.39 is 0 Å². The van der Waals surface area contributed by atoms with E-state index >= 15 is 0 Å². The number of benzene rings is 1. The highest BCUT2D eigenvalue weighted by Crippen LogP contribution is 2.46. The molecule has 146 valence electrons. The second kappa shape index (κ2) is 5.91. The average Bonchev–Trinajstić information content (AvgIpc) is 3.11. The zero-order valence-electron chi connectivity index (χ0n) is 16.1. The van der Waals surface area contributed by atoms with Gasteiger partial charge in [-0.1, -0.05) is 23.7 Å². The molecule has 1 aromatic carbocycles. The molecule has 0 amide bonds. The maximum atomic E-state index is 13.5. The predicted molar refractivity (Wildman–Crippen MR) is 107 cm³/mol. The summed E-state index contributed by atoms with van der Waals surface area (Å²) >= 11 is 6.24. The number of nitrogens with zero attached hydrogens (tertiary/aromatic N) is 6. The van der Waals surface area contributed by atoms with Gasteiger partial charge >= 0.3 is 0 Å². The maximum absolute atomic E-state index is 13.5. The largest absolute Gasteiger partial charge is 0.332 e. The molecular formula is C20H17ClN6O2. The van der Waals surface area contributed by atoms with E-state index in [-0.39, 0.29) is 28.5 Å². The van der Waals surface area contributed by atoms with E-state index in [9.17, 15) is 10.1 Å². The van der Waals surface area contributed by atoms with Crippen LogP contribution >= 0.6 is 11.6 Å². The molecule has 0 saturated heterocycles. The Hall–Kier alpha value is -3.18. The standard InChI is InChI=1S/C20H17ClN6O2/c1-10(2)27-15-11(8-22)12(21)4-5-13(15)26-9-23-14(16(26)18(27)28)17-24-19(25-29-17)20(3)6-7-20/h4-5,9-10H,6-7H2,1-3H3. The van der Waals surface area contributed by atoms with Gasteiger partial charge in [-0.15, -0.1) is 0 Å². The molecule has 1 saturated carbocycles. The Labute approximate surface area is 170 Å². The van der Waals surface area contributed by atoms with Crippen molar-refractivity contribution in [3.05, 3.63) is 45.2 Å².